The molecule has 120 valence electrons. The predicted octanol–water partition coefficient (Wildman–Crippen LogP) is 4.18. The number of anilines is 2. The topological polar surface area (TPSA) is 32.3 Å². The Morgan fingerprint density at radius 1 is 1.30 bits per heavy atom. The molecule has 2 aromatic rings. The van der Waals surface area contributed by atoms with E-state index >= 15 is 0 Å². The number of nitrogens with one attached hydrogen (secondary N) is 1. The molecule has 0 aliphatic carbocycles. The molecule has 0 saturated heterocycles. The molecule has 5 heteroatoms. The van der Waals surface area contributed by atoms with Crippen LogP contribution < -0.4 is 10.2 Å². The molecule has 1 aliphatic rings. The number of carbonyl (C=O) groups is 1. The molecule has 1 N–H and O–H groups in total. The van der Waals surface area contributed by atoms with Crippen molar-refractivity contribution >= 4 is 28.9 Å². The van der Waals surface area contributed by atoms with E-state index < -0.39 is 5.82 Å². The van der Waals surface area contributed by atoms with Gasteiger partial charge in [0.05, 0.1) is 11.6 Å². The smallest absolute Gasteiger partial charge is 0.243 e. The number of aryl methyl sites for hydroxylation is 2. The van der Waals surface area contributed by atoms with Gasteiger partial charge in [0.1, 0.15) is 5.82 Å². The van der Waals surface area contributed by atoms with Gasteiger partial charge in [-0.3, -0.25) is 4.79 Å². The van der Waals surface area contributed by atoms with Crippen molar-refractivity contribution in [3.05, 3.63) is 58.4 Å². The van der Waals surface area contributed by atoms with E-state index in [1.807, 2.05) is 0 Å². The van der Waals surface area contributed by atoms with E-state index in [1.54, 1.807) is 0 Å². The third-order valence-corrected chi connectivity index (χ3v) is 4.28. The van der Waals surface area contributed by atoms with Gasteiger partial charge < -0.3 is 10.2 Å². The molecule has 0 unspecified atom stereocenters. The van der Waals surface area contributed by atoms with Crippen molar-refractivity contribution in [2.45, 2.75) is 19.8 Å². The van der Waals surface area contributed by atoms with Crippen LogP contribution in [-0.4, -0.2) is 19.0 Å². The number of carbonyl (C=O) groups excluding carboxylic acids is 1. The van der Waals surface area contributed by atoms with Crippen LogP contribution >= 0.6 is 11.6 Å². The second-order valence-corrected chi connectivity index (χ2v) is 6.24. The van der Waals surface area contributed by atoms with Gasteiger partial charge >= 0.3 is 0 Å². The lowest BCUT2D eigenvalue weighted by atomic mass is 9.99. The number of hydrogen-bond acceptors (Lipinski definition) is 2. The number of amides is 1. The molecule has 2 aromatic carbocycles. The van der Waals surface area contributed by atoms with Crippen molar-refractivity contribution in [1.29, 1.82) is 0 Å². The van der Waals surface area contributed by atoms with Gasteiger partial charge in [0.2, 0.25) is 5.91 Å². The molecule has 1 aliphatic heterocycles. The van der Waals surface area contributed by atoms with Gasteiger partial charge in [-0.05, 0) is 49.6 Å². The van der Waals surface area contributed by atoms with Crippen molar-refractivity contribution in [3.63, 3.8) is 0 Å². The third-order valence-electron chi connectivity index (χ3n) is 3.99. The van der Waals surface area contributed by atoms with Crippen LogP contribution in [0.5, 0.6) is 0 Å². The Bertz CT molecular complexity index is 748. The maximum absolute atomic E-state index is 13.2. The van der Waals surface area contributed by atoms with Crippen LogP contribution in [0.1, 0.15) is 17.5 Å². The van der Waals surface area contributed by atoms with E-state index in [0.717, 1.165) is 25.1 Å². The summed E-state index contributed by atoms with van der Waals surface area (Å²) in [7, 11) is 0. The Hall–Kier alpha value is -2.07. The fraction of sp³-hybridized carbons (Fsp3) is 0.278. The zero-order chi connectivity index (χ0) is 16.4. The highest BCUT2D eigenvalue weighted by atomic mass is 35.5. The summed E-state index contributed by atoms with van der Waals surface area (Å²) in [6.45, 7) is 3.20. The molecule has 3 rings (SSSR count). The van der Waals surface area contributed by atoms with Gasteiger partial charge in [-0.25, -0.2) is 4.39 Å². The lowest BCUT2D eigenvalue weighted by Gasteiger charge is -2.31. The van der Waals surface area contributed by atoms with Crippen molar-refractivity contribution in [2.75, 3.05) is 23.3 Å². The second-order valence-electron chi connectivity index (χ2n) is 5.83. The highest BCUT2D eigenvalue weighted by molar-refractivity contribution is 6.31. The minimum absolute atomic E-state index is 0.00148. The van der Waals surface area contributed by atoms with Crippen LogP contribution in [-0.2, 0) is 11.2 Å². The Morgan fingerprint density at radius 2 is 2.13 bits per heavy atom. The molecule has 0 aromatic heterocycles. The number of fused-ring (bicyclic) bond motifs is 1. The van der Waals surface area contributed by atoms with Crippen molar-refractivity contribution in [3.8, 4) is 0 Å². The Balaban J connectivity index is 1.70. The van der Waals surface area contributed by atoms with Crippen LogP contribution in [0.25, 0.3) is 0 Å². The average molecular weight is 333 g/mol. The molecule has 1 heterocycles. The Morgan fingerprint density at radius 3 is 2.91 bits per heavy atom. The summed E-state index contributed by atoms with van der Waals surface area (Å²) in [4.78, 5) is 14.3. The monoisotopic (exact) mass is 332 g/mol. The highest BCUT2D eigenvalue weighted by Gasteiger charge is 2.19. The van der Waals surface area contributed by atoms with Gasteiger partial charge in [0, 0.05) is 17.9 Å². The third kappa shape index (κ3) is 3.64. The maximum atomic E-state index is 13.2. The quantitative estimate of drug-likeness (QED) is 0.914. The zero-order valence-electron chi connectivity index (χ0n) is 12.9. The first-order chi connectivity index (χ1) is 11.0. The largest absolute Gasteiger partial charge is 0.362 e. The number of halogens is 2. The van der Waals surface area contributed by atoms with E-state index in [-0.39, 0.29) is 17.5 Å². The minimum Gasteiger partial charge on any atom is -0.362 e. The van der Waals surface area contributed by atoms with Gasteiger partial charge in [-0.2, -0.15) is 0 Å². The first-order valence-corrected chi connectivity index (χ1v) is 8.00. The van der Waals surface area contributed by atoms with Crippen LogP contribution in [0, 0.1) is 12.7 Å². The number of rotatable bonds is 3. The van der Waals surface area contributed by atoms with Gasteiger partial charge in [0.15, 0.2) is 0 Å². The van der Waals surface area contributed by atoms with E-state index in [1.165, 1.54) is 29.3 Å². The second kappa shape index (κ2) is 6.59. The van der Waals surface area contributed by atoms with Crippen LogP contribution in [0.4, 0.5) is 15.8 Å². The fourth-order valence-electron chi connectivity index (χ4n) is 2.92. The van der Waals surface area contributed by atoms with Crippen molar-refractivity contribution in [1.82, 2.24) is 0 Å². The lowest BCUT2D eigenvalue weighted by molar-refractivity contribution is -0.115. The molecule has 1 amide bonds. The van der Waals surface area contributed by atoms with Gasteiger partial charge in [0.25, 0.3) is 0 Å². The molecule has 0 fully saturated rings. The molecule has 0 bridgehead atoms. The van der Waals surface area contributed by atoms with Crippen molar-refractivity contribution < 1.29 is 9.18 Å². The fourth-order valence-corrected chi connectivity index (χ4v) is 3.10. The SMILES string of the molecule is Cc1ccc2c(c1)CCCN2CC(=O)Nc1ccc(F)c(Cl)c1. The summed E-state index contributed by atoms with van der Waals surface area (Å²) < 4.78 is 13.2. The van der Waals surface area contributed by atoms with Gasteiger partial charge in [-0.15, -0.1) is 0 Å². The Labute approximate surface area is 140 Å². The standard InChI is InChI=1S/C18H18ClFN2O/c1-12-4-7-17-13(9-12)3-2-8-22(17)11-18(23)21-14-5-6-16(20)15(19)10-14/h4-7,9-10H,2-3,8,11H2,1H3,(H,21,23). The predicted molar refractivity (Wildman–Crippen MR) is 91.8 cm³/mol. The maximum Gasteiger partial charge on any atom is 0.243 e. The van der Waals surface area contributed by atoms with Gasteiger partial charge in [-0.1, -0.05) is 29.3 Å². The lowest BCUT2D eigenvalue weighted by Crippen LogP contribution is -2.36. The van der Waals surface area contributed by atoms with Crippen LogP contribution in [0.3, 0.4) is 0 Å². The Kier molecular flexibility index (Phi) is 4.53. The zero-order valence-corrected chi connectivity index (χ0v) is 13.7. The normalized spacial score (nSPS) is 13.6. The molecule has 3 nitrogen and oxygen atoms in total. The minimum atomic E-state index is -0.495. The summed E-state index contributed by atoms with van der Waals surface area (Å²) in [6.07, 6.45) is 2.08. The first-order valence-electron chi connectivity index (χ1n) is 7.62. The van der Waals surface area contributed by atoms with E-state index in [2.05, 4.69) is 35.3 Å². The average Bonchev–Trinajstić information content (AvgIpc) is 2.51. The number of hydrogen-bond donors (Lipinski definition) is 1. The number of nitrogens with zero attached hydrogens (tertiary/aromatic N) is 1. The summed E-state index contributed by atoms with van der Waals surface area (Å²) >= 11 is 5.73. The molecule has 0 spiro atoms. The molecular weight excluding hydrogens is 315 g/mol. The number of benzene rings is 2. The molecule has 0 saturated carbocycles. The van der Waals surface area contributed by atoms with Crippen molar-refractivity contribution in [2.24, 2.45) is 0 Å². The molecular formula is C18H18ClFN2O. The van der Waals surface area contributed by atoms with E-state index in [9.17, 15) is 9.18 Å². The first kappa shape index (κ1) is 15.8. The van der Waals surface area contributed by atoms with Crippen LogP contribution in [0.2, 0.25) is 5.02 Å². The molecule has 23 heavy (non-hydrogen) atoms. The van der Waals surface area contributed by atoms with E-state index in [0.29, 0.717) is 5.69 Å². The highest BCUT2D eigenvalue weighted by Crippen LogP contribution is 2.28. The van der Waals surface area contributed by atoms with E-state index in [4.69, 9.17) is 11.6 Å². The molecule has 0 atom stereocenters. The summed E-state index contributed by atoms with van der Waals surface area (Å²) in [6, 6.07) is 10.5. The molecule has 0 radical (unpaired) electrons. The summed E-state index contributed by atoms with van der Waals surface area (Å²) in [5, 5.41) is 2.77. The summed E-state index contributed by atoms with van der Waals surface area (Å²) in [5.74, 6) is -0.633. The summed E-state index contributed by atoms with van der Waals surface area (Å²) in [5.41, 5.74) is 4.14. The van der Waals surface area contributed by atoms with Crippen LogP contribution in [0.15, 0.2) is 36.4 Å².